The maximum absolute atomic E-state index is 11.8. The number of hydrogen-bond acceptors (Lipinski definition) is 8. The van der Waals surface area contributed by atoms with Gasteiger partial charge < -0.3 is 33.9 Å². The second-order valence-corrected chi connectivity index (χ2v) is 11.7. The van der Waals surface area contributed by atoms with Crippen LogP contribution in [0.2, 0.25) is 5.02 Å². The first-order chi connectivity index (χ1) is 19.1. The zero-order valence-electron chi connectivity index (χ0n) is 24.1. The summed E-state index contributed by atoms with van der Waals surface area (Å²) in [5.74, 6) is 0.814. The molecule has 2 fully saturated rings. The largest absolute Gasteiger partial charge is 0.490 e. The minimum absolute atomic E-state index is 0.0483. The predicted octanol–water partition coefficient (Wildman–Crippen LogP) is 5.15. The summed E-state index contributed by atoms with van der Waals surface area (Å²) in [6.07, 6.45) is 3.33. The molecule has 1 aromatic carbocycles. The van der Waals surface area contributed by atoms with Crippen molar-refractivity contribution in [1.29, 1.82) is 0 Å². The number of aliphatic carboxylic acids is 1. The Morgan fingerprint density at radius 2 is 1.93 bits per heavy atom. The molecule has 10 heteroatoms. The van der Waals surface area contributed by atoms with Crippen LogP contribution in [0.1, 0.15) is 40.0 Å². The Labute approximate surface area is 242 Å². The lowest BCUT2D eigenvalue weighted by Gasteiger charge is -2.38. The van der Waals surface area contributed by atoms with E-state index in [1.165, 1.54) is 0 Å². The number of hydrogen-bond donors (Lipinski definition) is 1. The summed E-state index contributed by atoms with van der Waals surface area (Å²) < 4.78 is 23.1. The standard InChI is InChI=1S/C30H42ClN3O6/c1-20-18-33(24-15-28(38-5)32-17-23(24)31)12-11-25(20)40-22-9-7-21(8-10-22)34-19-27(39-14-6-13-37-4)30(2,3)26(34)16-29(35)36/h7-10,15,17,20,25-27H,6,11-14,16,18-19H2,1-5H3,(H,35,36)/t20-,25-,26+,27+/m1/s1. The third kappa shape index (κ3) is 6.93. The van der Waals surface area contributed by atoms with Crippen molar-refractivity contribution in [2.45, 2.75) is 58.3 Å². The first-order valence-electron chi connectivity index (χ1n) is 13.9. The van der Waals surface area contributed by atoms with Gasteiger partial charge >= 0.3 is 5.97 Å². The summed E-state index contributed by atoms with van der Waals surface area (Å²) in [7, 11) is 3.28. The molecule has 0 spiro atoms. The minimum atomic E-state index is -0.810. The van der Waals surface area contributed by atoms with Gasteiger partial charge in [0, 0.05) is 75.5 Å². The average Bonchev–Trinajstić information content (AvgIpc) is 3.17. The molecule has 2 aliphatic heterocycles. The van der Waals surface area contributed by atoms with Gasteiger partial charge in [0.25, 0.3) is 0 Å². The van der Waals surface area contributed by atoms with Gasteiger partial charge in [0.2, 0.25) is 5.88 Å². The summed E-state index contributed by atoms with van der Waals surface area (Å²) in [6, 6.07) is 9.70. The number of carboxylic acids is 1. The molecule has 0 saturated carbocycles. The highest BCUT2D eigenvalue weighted by molar-refractivity contribution is 6.33. The number of rotatable bonds is 12. The second kappa shape index (κ2) is 13.3. The van der Waals surface area contributed by atoms with Crippen molar-refractivity contribution in [3.8, 4) is 11.6 Å². The minimum Gasteiger partial charge on any atom is -0.490 e. The van der Waals surface area contributed by atoms with E-state index in [1.807, 2.05) is 30.3 Å². The molecule has 1 aromatic heterocycles. The van der Waals surface area contributed by atoms with E-state index < -0.39 is 5.97 Å². The molecule has 4 atom stereocenters. The number of nitrogens with zero attached hydrogens (tertiary/aromatic N) is 3. The van der Waals surface area contributed by atoms with E-state index in [9.17, 15) is 9.90 Å². The molecule has 0 amide bonds. The highest BCUT2D eigenvalue weighted by Crippen LogP contribution is 2.43. The van der Waals surface area contributed by atoms with E-state index in [4.69, 9.17) is 30.5 Å². The number of halogens is 1. The van der Waals surface area contributed by atoms with Crippen LogP contribution in [-0.4, -0.2) is 81.4 Å². The van der Waals surface area contributed by atoms with E-state index in [-0.39, 0.29) is 36.0 Å². The predicted molar refractivity (Wildman–Crippen MR) is 156 cm³/mol. The zero-order valence-corrected chi connectivity index (χ0v) is 24.9. The van der Waals surface area contributed by atoms with Gasteiger partial charge in [0.1, 0.15) is 11.9 Å². The molecule has 40 heavy (non-hydrogen) atoms. The molecule has 0 aliphatic carbocycles. The van der Waals surface area contributed by atoms with Gasteiger partial charge in [-0.1, -0.05) is 32.4 Å². The summed E-state index contributed by atoms with van der Waals surface area (Å²) in [5, 5.41) is 10.3. The van der Waals surface area contributed by atoms with Gasteiger partial charge in [0.05, 0.1) is 36.5 Å². The molecule has 0 bridgehead atoms. The van der Waals surface area contributed by atoms with Crippen LogP contribution < -0.4 is 19.3 Å². The maximum atomic E-state index is 11.8. The van der Waals surface area contributed by atoms with Gasteiger partial charge in [-0.15, -0.1) is 0 Å². The summed E-state index contributed by atoms with van der Waals surface area (Å²) in [5.41, 5.74) is 1.57. The van der Waals surface area contributed by atoms with Crippen LogP contribution in [0.3, 0.4) is 0 Å². The van der Waals surface area contributed by atoms with E-state index in [2.05, 4.69) is 35.6 Å². The average molecular weight is 576 g/mol. The quantitative estimate of drug-likeness (QED) is 0.345. The molecule has 3 heterocycles. The van der Waals surface area contributed by atoms with Gasteiger partial charge in [-0.3, -0.25) is 4.79 Å². The number of aromatic nitrogens is 1. The van der Waals surface area contributed by atoms with Crippen LogP contribution in [0, 0.1) is 11.3 Å². The van der Waals surface area contributed by atoms with Crippen LogP contribution in [0.4, 0.5) is 11.4 Å². The molecule has 2 aromatic rings. The topological polar surface area (TPSA) is 93.6 Å². The van der Waals surface area contributed by atoms with Crippen LogP contribution >= 0.6 is 11.6 Å². The van der Waals surface area contributed by atoms with Crippen molar-refractivity contribution in [2.75, 3.05) is 56.9 Å². The van der Waals surface area contributed by atoms with Crippen molar-refractivity contribution in [3.05, 3.63) is 41.6 Å². The first-order valence-corrected chi connectivity index (χ1v) is 14.3. The van der Waals surface area contributed by atoms with Crippen LogP contribution in [-0.2, 0) is 14.3 Å². The van der Waals surface area contributed by atoms with E-state index in [1.54, 1.807) is 20.4 Å². The molecule has 220 valence electrons. The monoisotopic (exact) mass is 575 g/mol. The number of carboxylic acid groups (broad SMARTS) is 1. The Morgan fingerprint density at radius 3 is 2.58 bits per heavy atom. The zero-order chi connectivity index (χ0) is 28.9. The third-order valence-electron chi connectivity index (χ3n) is 8.25. The summed E-state index contributed by atoms with van der Waals surface area (Å²) in [6.45, 7) is 9.86. The van der Waals surface area contributed by atoms with Crippen molar-refractivity contribution >= 4 is 28.9 Å². The maximum Gasteiger partial charge on any atom is 0.305 e. The van der Waals surface area contributed by atoms with Gasteiger partial charge in [-0.25, -0.2) is 4.98 Å². The number of benzene rings is 1. The van der Waals surface area contributed by atoms with Crippen molar-refractivity contribution < 1.29 is 28.8 Å². The lowest BCUT2D eigenvalue weighted by atomic mass is 9.81. The number of methoxy groups -OCH3 is 2. The lowest BCUT2D eigenvalue weighted by molar-refractivity contribution is -0.138. The van der Waals surface area contributed by atoms with E-state index in [0.29, 0.717) is 30.7 Å². The summed E-state index contributed by atoms with van der Waals surface area (Å²) >= 11 is 6.43. The molecule has 2 aliphatic rings. The molecule has 0 radical (unpaired) electrons. The van der Waals surface area contributed by atoms with Gasteiger partial charge in [-0.2, -0.15) is 0 Å². The molecular formula is C30H42ClN3O6. The van der Waals surface area contributed by atoms with E-state index in [0.717, 1.165) is 43.1 Å². The normalized spacial score (nSPS) is 24.2. The molecule has 0 unspecified atom stereocenters. The lowest BCUT2D eigenvalue weighted by Crippen LogP contribution is -2.44. The SMILES string of the molecule is COCCCO[C@H]1CN(c2ccc(O[C@@H]3CCN(c4cc(OC)ncc4Cl)C[C@H]3C)cc2)[C@@H](CC(=O)O)C1(C)C. The first kappa shape index (κ1) is 30.2. The fourth-order valence-corrected chi connectivity index (χ4v) is 6.07. The van der Waals surface area contributed by atoms with Crippen molar-refractivity contribution in [2.24, 2.45) is 11.3 Å². The number of carbonyl (C=O) groups is 1. The highest BCUT2D eigenvalue weighted by atomic mass is 35.5. The molecule has 2 saturated heterocycles. The number of piperidine rings is 1. The summed E-state index contributed by atoms with van der Waals surface area (Å²) in [4.78, 5) is 20.4. The van der Waals surface area contributed by atoms with Crippen molar-refractivity contribution in [1.82, 2.24) is 4.98 Å². The fraction of sp³-hybridized carbons (Fsp3) is 0.600. The Morgan fingerprint density at radius 1 is 1.18 bits per heavy atom. The van der Waals surface area contributed by atoms with E-state index >= 15 is 0 Å². The fourth-order valence-electron chi connectivity index (χ4n) is 5.85. The Kier molecular flexibility index (Phi) is 10.0. The van der Waals surface area contributed by atoms with Crippen LogP contribution in [0.15, 0.2) is 36.5 Å². The van der Waals surface area contributed by atoms with Crippen LogP contribution in [0.25, 0.3) is 0 Å². The number of anilines is 2. The molecular weight excluding hydrogens is 534 g/mol. The number of pyridine rings is 1. The highest BCUT2D eigenvalue weighted by Gasteiger charge is 2.49. The number of ether oxygens (including phenoxy) is 4. The van der Waals surface area contributed by atoms with Crippen molar-refractivity contribution in [3.63, 3.8) is 0 Å². The van der Waals surface area contributed by atoms with Gasteiger partial charge in [-0.05, 0) is 30.7 Å². The van der Waals surface area contributed by atoms with Crippen LogP contribution in [0.5, 0.6) is 11.6 Å². The second-order valence-electron chi connectivity index (χ2n) is 11.3. The Bertz CT molecular complexity index is 1130. The smallest absolute Gasteiger partial charge is 0.305 e. The van der Waals surface area contributed by atoms with Gasteiger partial charge in [0.15, 0.2) is 0 Å². The Hall–Kier alpha value is -2.75. The molecule has 4 rings (SSSR count). The molecule has 9 nitrogen and oxygen atoms in total. The third-order valence-corrected chi connectivity index (χ3v) is 8.54. The Balaban J connectivity index is 1.40. The molecule has 1 N–H and O–H groups in total.